The highest BCUT2D eigenvalue weighted by molar-refractivity contribution is 5.80. The number of nitrogens with one attached hydrogen (secondary N) is 2. The van der Waals surface area contributed by atoms with Gasteiger partial charge < -0.3 is 5.32 Å². The summed E-state index contributed by atoms with van der Waals surface area (Å²) in [6.07, 6.45) is 1.61. The van der Waals surface area contributed by atoms with E-state index in [9.17, 15) is 14.9 Å². The molecule has 1 saturated heterocycles. The molecule has 2 N–H and O–H groups in total. The number of piperazine rings is 1. The first-order chi connectivity index (χ1) is 12.6. The molecular weight excluding hydrogens is 336 g/mol. The van der Waals surface area contributed by atoms with Gasteiger partial charge in [0.2, 0.25) is 0 Å². The van der Waals surface area contributed by atoms with Gasteiger partial charge in [-0.1, -0.05) is 0 Å². The first-order valence-electron chi connectivity index (χ1n) is 8.55. The Labute approximate surface area is 150 Å². The molecule has 3 rings (SSSR count). The average molecular weight is 358 g/mol. The Kier molecular flexibility index (Phi) is 5.59. The Balaban J connectivity index is 1.70. The molecule has 138 valence electrons. The Morgan fingerprint density at radius 3 is 2.62 bits per heavy atom. The van der Waals surface area contributed by atoms with E-state index in [-0.39, 0.29) is 11.2 Å². The third-order valence-corrected chi connectivity index (χ3v) is 4.41. The molecule has 0 spiro atoms. The van der Waals surface area contributed by atoms with Crippen LogP contribution < -0.4 is 10.9 Å². The molecule has 1 fully saturated rings. The van der Waals surface area contributed by atoms with Crippen molar-refractivity contribution in [1.29, 1.82) is 0 Å². The van der Waals surface area contributed by atoms with Gasteiger partial charge in [-0.25, -0.2) is 4.68 Å². The fraction of sp³-hybridized carbons (Fsp3) is 0.412. The first kappa shape index (κ1) is 18.0. The lowest BCUT2D eigenvalue weighted by molar-refractivity contribution is -0.384. The highest BCUT2D eigenvalue weighted by atomic mass is 16.6. The smallest absolute Gasteiger partial charge is 0.280 e. The average Bonchev–Trinajstić information content (AvgIpc) is 2.94. The molecule has 0 bridgehead atoms. The van der Waals surface area contributed by atoms with Gasteiger partial charge >= 0.3 is 0 Å². The number of rotatable bonds is 6. The van der Waals surface area contributed by atoms with Crippen molar-refractivity contribution in [3.8, 4) is 5.69 Å². The van der Waals surface area contributed by atoms with Crippen molar-refractivity contribution in [2.75, 3.05) is 39.3 Å². The first-order valence-corrected chi connectivity index (χ1v) is 8.55. The zero-order valence-electron chi connectivity index (χ0n) is 14.6. The minimum Gasteiger partial charge on any atom is -0.314 e. The van der Waals surface area contributed by atoms with Gasteiger partial charge in [0.15, 0.2) is 0 Å². The number of non-ortho nitro benzene ring substituents is 1. The van der Waals surface area contributed by atoms with Gasteiger partial charge in [0.1, 0.15) is 0 Å². The number of nitrogens with zero attached hydrogens (tertiary/aromatic N) is 4. The highest BCUT2D eigenvalue weighted by Crippen LogP contribution is 2.14. The number of benzene rings is 1. The molecule has 1 aromatic carbocycles. The summed E-state index contributed by atoms with van der Waals surface area (Å²) in [6, 6.07) is 5.83. The second kappa shape index (κ2) is 8.07. The van der Waals surface area contributed by atoms with Crippen LogP contribution in [0, 0.1) is 17.0 Å². The fourth-order valence-corrected chi connectivity index (χ4v) is 2.91. The maximum absolute atomic E-state index is 12.6. The fourth-order valence-electron chi connectivity index (χ4n) is 2.91. The second-order valence-electron chi connectivity index (χ2n) is 6.19. The van der Waals surface area contributed by atoms with E-state index < -0.39 is 4.92 Å². The molecule has 9 heteroatoms. The van der Waals surface area contributed by atoms with Crippen molar-refractivity contribution in [3.05, 3.63) is 56.0 Å². The Morgan fingerprint density at radius 2 is 1.96 bits per heavy atom. The van der Waals surface area contributed by atoms with Crippen LogP contribution in [0.4, 0.5) is 5.69 Å². The summed E-state index contributed by atoms with van der Waals surface area (Å²) in [5.41, 5.74) is 1.52. The van der Waals surface area contributed by atoms with E-state index in [1.54, 1.807) is 25.3 Å². The quantitative estimate of drug-likeness (QED) is 0.449. The van der Waals surface area contributed by atoms with Crippen LogP contribution in [-0.4, -0.2) is 65.1 Å². The SMILES string of the molecule is Cc1[nH]n(-c2ccc([N+](=O)[O-])cc2)c(=O)c1C=NCCN1CCNCC1. The lowest BCUT2D eigenvalue weighted by atomic mass is 10.2. The van der Waals surface area contributed by atoms with Crippen molar-refractivity contribution < 1.29 is 4.92 Å². The molecule has 1 aromatic heterocycles. The predicted molar refractivity (Wildman–Crippen MR) is 99.6 cm³/mol. The maximum Gasteiger partial charge on any atom is 0.280 e. The van der Waals surface area contributed by atoms with Gasteiger partial charge in [-0.2, -0.15) is 0 Å². The van der Waals surface area contributed by atoms with Crippen molar-refractivity contribution in [2.24, 2.45) is 4.99 Å². The number of hydrogen-bond acceptors (Lipinski definition) is 6. The monoisotopic (exact) mass is 358 g/mol. The summed E-state index contributed by atoms with van der Waals surface area (Å²) in [4.78, 5) is 29.6. The molecule has 0 radical (unpaired) electrons. The van der Waals surface area contributed by atoms with Crippen LogP contribution in [0.25, 0.3) is 5.69 Å². The molecule has 2 aromatic rings. The van der Waals surface area contributed by atoms with Crippen molar-refractivity contribution >= 4 is 11.9 Å². The number of nitro groups is 1. The second-order valence-corrected chi connectivity index (χ2v) is 6.19. The molecule has 0 saturated carbocycles. The topological polar surface area (TPSA) is 109 Å². The van der Waals surface area contributed by atoms with E-state index >= 15 is 0 Å². The standard InChI is InChI=1S/C17H22N6O3/c1-13-16(12-19-8-11-21-9-6-18-7-10-21)17(24)22(20-13)14-2-4-15(5-3-14)23(25)26/h2-5,12,18,20H,6-11H2,1H3. The van der Waals surface area contributed by atoms with Gasteiger partial charge in [-0.15, -0.1) is 0 Å². The number of aromatic amines is 1. The molecule has 1 aliphatic heterocycles. The number of aliphatic imine (C=N–C) groups is 1. The lowest BCUT2D eigenvalue weighted by Gasteiger charge is -2.26. The molecule has 9 nitrogen and oxygen atoms in total. The van der Waals surface area contributed by atoms with E-state index in [4.69, 9.17) is 0 Å². The van der Waals surface area contributed by atoms with Crippen LogP contribution in [0.1, 0.15) is 11.3 Å². The summed E-state index contributed by atoms with van der Waals surface area (Å²) in [6.45, 7) is 7.36. The summed E-state index contributed by atoms with van der Waals surface area (Å²) < 4.78 is 1.37. The van der Waals surface area contributed by atoms with Gasteiger partial charge in [0, 0.05) is 56.8 Å². The van der Waals surface area contributed by atoms with Crippen LogP contribution >= 0.6 is 0 Å². The molecule has 0 atom stereocenters. The summed E-state index contributed by atoms with van der Waals surface area (Å²) in [5.74, 6) is 0. The lowest BCUT2D eigenvalue weighted by Crippen LogP contribution is -2.44. The van der Waals surface area contributed by atoms with Crippen molar-refractivity contribution in [1.82, 2.24) is 20.0 Å². The molecule has 0 aliphatic carbocycles. The molecular formula is C17H22N6O3. The number of nitro benzene ring substituents is 1. The van der Waals surface area contributed by atoms with Gasteiger partial charge in [-0.3, -0.25) is 29.9 Å². The molecule has 0 unspecified atom stereocenters. The van der Waals surface area contributed by atoms with Crippen molar-refractivity contribution in [2.45, 2.75) is 6.92 Å². The van der Waals surface area contributed by atoms with Crippen LogP contribution in [0.3, 0.4) is 0 Å². The highest BCUT2D eigenvalue weighted by Gasteiger charge is 2.12. The van der Waals surface area contributed by atoms with Crippen LogP contribution in [0.5, 0.6) is 0 Å². The Hall–Kier alpha value is -2.78. The van der Waals surface area contributed by atoms with Crippen LogP contribution in [-0.2, 0) is 0 Å². The summed E-state index contributed by atoms with van der Waals surface area (Å²) >= 11 is 0. The number of aromatic nitrogens is 2. The maximum atomic E-state index is 12.6. The van der Waals surface area contributed by atoms with Crippen LogP contribution in [0.2, 0.25) is 0 Å². The largest absolute Gasteiger partial charge is 0.314 e. The Morgan fingerprint density at radius 1 is 1.27 bits per heavy atom. The number of aryl methyl sites for hydroxylation is 1. The summed E-state index contributed by atoms with van der Waals surface area (Å²) in [7, 11) is 0. The van der Waals surface area contributed by atoms with Crippen LogP contribution in [0.15, 0.2) is 34.1 Å². The molecule has 2 heterocycles. The Bertz CT molecular complexity index is 846. The third kappa shape index (κ3) is 4.06. The van der Waals surface area contributed by atoms with E-state index in [1.807, 2.05) is 0 Å². The number of hydrogen-bond donors (Lipinski definition) is 2. The van der Waals surface area contributed by atoms with Gasteiger partial charge in [0.05, 0.1) is 22.7 Å². The molecule has 1 aliphatic rings. The third-order valence-electron chi connectivity index (χ3n) is 4.41. The minimum absolute atomic E-state index is 0.0141. The zero-order valence-corrected chi connectivity index (χ0v) is 14.6. The summed E-state index contributed by atoms with van der Waals surface area (Å²) in [5, 5.41) is 17.0. The van der Waals surface area contributed by atoms with E-state index in [0.29, 0.717) is 23.5 Å². The zero-order chi connectivity index (χ0) is 18.5. The van der Waals surface area contributed by atoms with Gasteiger partial charge in [0.25, 0.3) is 11.2 Å². The van der Waals surface area contributed by atoms with E-state index in [0.717, 1.165) is 32.7 Å². The van der Waals surface area contributed by atoms with E-state index in [1.165, 1.54) is 16.8 Å². The molecule has 0 amide bonds. The van der Waals surface area contributed by atoms with Crippen molar-refractivity contribution in [3.63, 3.8) is 0 Å². The van der Waals surface area contributed by atoms with E-state index in [2.05, 4.69) is 20.3 Å². The number of H-pyrrole nitrogens is 1. The minimum atomic E-state index is -0.469. The molecule has 26 heavy (non-hydrogen) atoms. The normalized spacial score (nSPS) is 15.6. The van der Waals surface area contributed by atoms with Gasteiger partial charge in [-0.05, 0) is 19.1 Å². The predicted octanol–water partition coefficient (Wildman–Crippen LogP) is 0.706.